The Bertz CT molecular complexity index is 1080. The number of alkyl halides is 3. The molecule has 0 fully saturated rings. The largest absolute Gasteiger partial charge is 0.420 e. The van der Waals surface area contributed by atoms with E-state index in [9.17, 15) is 26.7 Å². The number of nitrogens with zero attached hydrogens (tertiary/aromatic N) is 2. The maximum atomic E-state index is 14.0. The SMILES string of the molecule is CC(C)(C)CC(=O)Nc1nc2ccn(Cc3c(F)cccc3F)c2cc1C(F)(F)F. The molecule has 1 N–H and O–H groups in total. The van der Waals surface area contributed by atoms with E-state index in [1.807, 2.05) is 0 Å². The smallest absolute Gasteiger partial charge is 0.341 e. The van der Waals surface area contributed by atoms with Crippen LogP contribution in [0.4, 0.5) is 27.8 Å². The van der Waals surface area contributed by atoms with Crippen LogP contribution in [0.2, 0.25) is 0 Å². The van der Waals surface area contributed by atoms with Gasteiger partial charge in [0.05, 0.1) is 17.6 Å². The highest BCUT2D eigenvalue weighted by Gasteiger charge is 2.36. The highest BCUT2D eigenvalue weighted by atomic mass is 19.4. The average Bonchev–Trinajstić information content (AvgIpc) is 2.97. The van der Waals surface area contributed by atoms with Crippen molar-refractivity contribution in [2.75, 3.05) is 5.32 Å². The number of hydrogen-bond donors (Lipinski definition) is 1. The second-order valence-corrected chi connectivity index (χ2v) is 8.22. The van der Waals surface area contributed by atoms with Crippen molar-refractivity contribution in [2.24, 2.45) is 5.41 Å². The molecule has 0 saturated carbocycles. The van der Waals surface area contributed by atoms with Crippen molar-refractivity contribution in [1.29, 1.82) is 0 Å². The summed E-state index contributed by atoms with van der Waals surface area (Å²) in [6, 6.07) is 5.61. The highest BCUT2D eigenvalue weighted by Crippen LogP contribution is 2.36. The van der Waals surface area contributed by atoms with Crippen LogP contribution in [0.25, 0.3) is 11.0 Å². The normalized spacial score (nSPS) is 12.4. The van der Waals surface area contributed by atoms with Gasteiger partial charge in [0.15, 0.2) is 0 Å². The van der Waals surface area contributed by atoms with Gasteiger partial charge in [0.2, 0.25) is 5.91 Å². The van der Waals surface area contributed by atoms with Gasteiger partial charge in [0.1, 0.15) is 23.0 Å². The van der Waals surface area contributed by atoms with E-state index in [-0.39, 0.29) is 29.6 Å². The zero-order valence-corrected chi connectivity index (χ0v) is 16.6. The molecular formula is C21H20F5N3O. The summed E-state index contributed by atoms with van der Waals surface area (Å²) in [5.41, 5.74) is -1.62. The van der Waals surface area contributed by atoms with Crippen LogP contribution in [-0.2, 0) is 17.5 Å². The van der Waals surface area contributed by atoms with Crippen molar-refractivity contribution in [3.8, 4) is 0 Å². The first-order valence-electron chi connectivity index (χ1n) is 9.15. The molecule has 1 aromatic carbocycles. The van der Waals surface area contributed by atoms with Gasteiger partial charge >= 0.3 is 6.18 Å². The number of nitrogens with one attached hydrogen (secondary N) is 1. The molecule has 0 bridgehead atoms. The number of carbonyl (C=O) groups is 1. The highest BCUT2D eigenvalue weighted by molar-refractivity contribution is 5.92. The van der Waals surface area contributed by atoms with E-state index in [1.54, 1.807) is 20.8 Å². The molecule has 1 amide bonds. The fourth-order valence-corrected chi connectivity index (χ4v) is 3.07. The molecule has 2 heterocycles. The molecule has 9 heteroatoms. The van der Waals surface area contributed by atoms with Crippen LogP contribution < -0.4 is 5.32 Å². The Labute approximate surface area is 169 Å². The minimum absolute atomic E-state index is 0.0115. The number of rotatable bonds is 4. The van der Waals surface area contributed by atoms with Crippen LogP contribution in [-0.4, -0.2) is 15.5 Å². The maximum Gasteiger partial charge on any atom is 0.420 e. The monoisotopic (exact) mass is 425 g/mol. The lowest BCUT2D eigenvalue weighted by atomic mass is 9.92. The molecular weight excluding hydrogens is 405 g/mol. The first-order valence-corrected chi connectivity index (χ1v) is 9.15. The Balaban J connectivity index is 2.04. The summed E-state index contributed by atoms with van der Waals surface area (Å²) in [4.78, 5) is 16.1. The standard InChI is InChI=1S/C21H20F5N3O/c1-20(2,3)10-18(30)28-19-13(21(24,25)26)9-17-16(27-19)7-8-29(17)11-12-14(22)5-4-6-15(12)23/h4-9H,10-11H2,1-3H3,(H,27,28,30). The van der Waals surface area contributed by atoms with Crippen molar-refractivity contribution < 1.29 is 26.7 Å². The quantitative estimate of drug-likeness (QED) is 0.541. The van der Waals surface area contributed by atoms with Gasteiger partial charge in [0, 0.05) is 18.2 Å². The Morgan fingerprint density at radius 3 is 2.30 bits per heavy atom. The predicted molar refractivity (Wildman–Crippen MR) is 103 cm³/mol. The molecule has 0 aliphatic heterocycles. The van der Waals surface area contributed by atoms with Gasteiger partial charge in [-0.3, -0.25) is 4.79 Å². The van der Waals surface area contributed by atoms with Gasteiger partial charge in [-0.2, -0.15) is 13.2 Å². The molecule has 0 saturated heterocycles. The van der Waals surface area contributed by atoms with Crippen molar-refractivity contribution in [3.05, 3.63) is 59.3 Å². The molecule has 0 radical (unpaired) electrons. The number of hydrogen-bond acceptors (Lipinski definition) is 2. The van der Waals surface area contributed by atoms with E-state index in [2.05, 4.69) is 10.3 Å². The molecule has 2 aromatic heterocycles. The second-order valence-electron chi connectivity index (χ2n) is 8.22. The second kappa shape index (κ2) is 7.70. The van der Waals surface area contributed by atoms with E-state index in [4.69, 9.17) is 0 Å². The zero-order valence-electron chi connectivity index (χ0n) is 16.6. The molecule has 0 atom stereocenters. The van der Waals surface area contributed by atoms with Gasteiger partial charge in [-0.1, -0.05) is 26.8 Å². The topological polar surface area (TPSA) is 46.9 Å². The third-order valence-corrected chi connectivity index (χ3v) is 4.40. The first-order chi connectivity index (χ1) is 13.8. The summed E-state index contributed by atoms with van der Waals surface area (Å²) in [5, 5.41) is 2.24. The van der Waals surface area contributed by atoms with E-state index in [0.29, 0.717) is 0 Å². The van der Waals surface area contributed by atoms with Gasteiger partial charge in [-0.05, 0) is 29.7 Å². The van der Waals surface area contributed by atoms with E-state index in [1.165, 1.54) is 22.9 Å². The van der Waals surface area contributed by atoms with E-state index < -0.39 is 40.5 Å². The van der Waals surface area contributed by atoms with Crippen molar-refractivity contribution >= 4 is 22.8 Å². The lowest BCUT2D eigenvalue weighted by Crippen LogP contribution is -2.22. The fraction of sp³-hybridized carbons (Fsp3) is 0.333. The number of fused-ring (bicyclic) bond motifs is 1. The molecule has 3 aromatic rings. The summed E-state index contributed by atoms with van der Waals surface area (Å²) < 4.78 is 70.1. The number of pyridine rings is 1. The molecule has 0 aliphatic carbocycles. The van der Waals surface area contributed by atoms with Crippen LogP contribution in [0.1, 0.15) is 38.3 Å². The number of anilines is 1. The lowest BCUT2D eigenvalue weighted by Gasteiger charge is -2.19. The first kappa shape index (κ1) is 21.7. The van der Waals surface area contributed by atoms with E-state index in [0.717, 1.165) is 18.2 Å². The number of amides is 1. The summed E-state index contributed by atoms with van der Waals surface area (Å²) in [5.74, 6) is -2.79. The summed E-state index contributed by atoms with van der Waals surface area (Å²) in [6.07, 6.45) is -3.38. The Morgan fingerprint density at radius 2 is 1.73 bits per heavy atom. The van der Waals surface area contributed by atoms with Crippen LogP contribution in [0.5, 0.6) is 0 Å². The molecule has 0 spiro atoms. The van der Waals surface area contributed by atoms with Crippen LogP contribution in [0, 0.1) is 17.0 Å². The van der Waals surface area contributed by atoms with Gasteiger partial charge in [0.25, 0.3) is 0 Å². The minimum atomic E-state index is -4.79. The summed E-state index contributed by atoms with van der Waals surface area (Å²) >= 11 is 0. The van der Waals surface area contributed by atoms with Crippen LogP contribution >= 0.6 is 0 Å². The van der Waals surface area contributed by atoms with Gasteiger partial charge in [-0.25, -0.2) is 13.8 Å². The van der Waals surface area contributed by atoms with Crippen molar-refractivity contribution in [2.45, 2.75) is 39.9 Å². The average molecular weight is 425 g/mol. The molecule has 4 nitrogen and oxygen atoms in total. The van der Waals surface area contributed by atoms with Crippen LogP contribution in [0.15, 0.2) is 36.5 Å². The molecule has 3 rings (SSSR count). The zero-order chi connectivity index (χ0) is 22.3. The molecule has 30 heavy (non-hydrogen) atoms. The Morgan fingerprint density at radius 1 is 1.10 bits per heavy atom. The van der Waals surface area contributed by atoms with Crippen molar-refractivity contribution in [3.63, 3.8) is 0 Å². The van der Waals surface area contributed by atoms with E-state index >= 15 is 0 Å². The van der Waals surface area contributed by atoms with Crippen LogP contribution in [0.3, 0.4) is 0 Å². The predicted octanol–water partition coefficient (Wildman–Crippen LogP) is 5.76. The number of aromatic nitrogens is 2. The summed E-state index contributed by atoms with van der Waals surface area (Å²) in [6.45, 7) is 5.05. The van der Waals surface area contributed by atoms with Gasteiger partial charge < -0.3 is 9.88 Å². The third kappa shape index (κ3) is 4.77. The fourth-order valence-electron chi connectivity index (χ4n) is 3.07. The molecule has 0 aliphatic rings. The number of halogens is 5. The third-order valence-electron chi connectivity index (χ3n) is 4.40. The Hall–Kier alpha value is -2.97. The van der Waals surface area contributed by atoms with Crippen molar-refractivity contribution in [1.82, 2.24) is 9.55 Å². The summed E-state index contributed by atoms with van der Waals surface area (Å²) in [7, 11) is 0. The number of benzene rings is 1. The lowest BCUT2D eigenvalue weighted by molar-refractivity contribution is -0.137. The van der Waals surface area contributed by atoms with Gasteiger partial charge in [-0.15, -0.1) is 0 Å². The Kier molecular flexibility index (Phi) is 5.58. The number of carbonyl (C=O) groups excluding carboxylic acids is 1. The molecule has 0 unspecified atom stereocenters. The maximum absolute atomic E-state index is 14.0. The molecule has 160 valence electrons. The minimum Gasteiger partial charge on any atom is -0.341 e.